The van der Waals surface area contributed by atoms with Crippen molar-refractivity contribution in [1.29, 1.82) is 0 Å². The summed E-state index contributed by atoms with van der Waals surface area (Å²) in [6.07, 6.45) is 1.32. The van der Waals surface area contributed by atoms with Crippen molar-refractivity contribution < 1.29 is 0 Å². The van der Waals surface area contributed by atoms with E-state index in [0.29, 0.717) is 15.5 Å². The van der Waals surface area contributed by atoms with Crippen molar-refractivity contribution in [3.63, 3.8) is 0 Å². The van der Waals surface area contributed by atoms with Crippen LogP contribution in [0.5, 0.6) is 0 Å². The number of benzene rings is 1. The highest BCUT2D eigenvalue weighted by Crippen LogP contribution is 2.59. The van der Waals surface area contributed by atoms with Crippen molar-refractivity contribution >= 4 is 23.2 Å². The van der Waals surface area contributed by atoms with Crippen LogP contribution in [-0.2, 0) is 5.41 Å². The molecule has 0 N–H and O–H groups in total. The lowest BCUT2D eigenvalue weighted by molar-refractivity contribution is 0.314. The van der Waals surface area contributed by atoms with E-state index in [1.165, 1.54) is 25.1 Å². The van der Waals surface area contributed by atoms with E-state index in [2.05, 4.69) is 24.0 Å². The van der Waals surface area contributed by atoms with Crippen molar-refractivity contribution in [3.8, 4) is 0 Å². The predicted octanol–water partition coefficient (Wildman–Crippen LogP) is 3.59. The van der Waals surface area contributed by atoms with E-state index in [9.17, 15) is 0 Å². The third kappa shape index (κ3) is 1.49. The Bertz CT molecular complexity index is 432. The van der Waals surface area contributed by atoms with E-state index >= 15 is 0 Å². The third-order valence-electron chi connectivity index (χ3n) is 4.16. The quantitative estimate of drug-likeness (QED) is 0.781. The molecule has 1 aromatic carbocycles. The normalized spacial score (nSPS) is 32.8. The first kappa shape index (κ1) is 10.9. The van der Waals surface area contributed by atoms with Crippen LogP contribution in [0, 0.1) is 5.92 Å². The lowest BCUT2D eigenvalue weighted by Crippen LogP contribution is -2.26. The van der Waals surface area contributed by atoms with Crippen LogP contribution in [0.1, 0.15) is 18.9 Å². The summed E-state index contributed by atoms with van der Waals surface area (Å²) in [5, 5.41) is 1.35. The van der Waals surface area contributed by atoms with Gasteiger partial charge in [0.25, 0.3) is 0 Å². The van der Waals surface area contributed by atoms with E-state index in [-0.39, 0.29) is 0 Å². The molecule has 1 saturated carbocycles. The Morgan fingerprint density at radius 1 is 1.38 bits per heavy atom. The lowest BCUT2D eigenvalue weighted by atomic mass is 9.95. The Balaban J connectivity index is 1.91. The number of hydrogen-bond acceptors (Lipinski definition) is 1. The van der Waals surface area contributed by atoms with Gasteiger partial charge in [-0.25, -0.2) is 0 Å². The average molecular weight is 256 g/mol. The van der Waals surface area contributed by atoms with Crippen LogP contribution in [0.3, 0.4) is 0 Å². The fraction of sp³-hybridized carbons (Fsp3) is 0.538. The number of fused-ring (bicyclic) bond motifs is 1. The SMILES string of the molecule is CCN1CC2CC2(c2ccc(Cl)c(Cl)c2)C1. The van der Waals surface area contributed by atoms with Gasteiger partial charge < -0.3 is 4.90 Å². The van der Waals surface area contributed by atoms with Crippen LogP contribution in [0.15, 0.2) is 18.2 Å². The zero-order chi connectivity index (χ0) is 11.3. The zero-order valence-electron chi connectivity index (χ0n) is 9.34. The van der Waals surface area contributed by atoms with Gasteiger partial charge in [-0.1, -0.05) is 36.2 Å². The zero-order valence-corrected chi connectivity index (χ0v) is 10.9. The standard InChI is InChI=1S/C13H15Cl2N/c1-2-16-7-10-6-13(10,8-16)9-3-4-11(14)12(15)5-9/h3-5,10H,2,6-8H2,1H3. The first-order valence-electron chi connectivity index (χ1n) is 5.83. The molecule has 0 aromatic heterocycles. The largest absolute Gasteiger partial charge is 0.302 e. The Morgan fingerprint density at radius 3 is 2.81 bits per heavy atom. The number of hydrogen-bond donors (Lipinski definition) is 0. The summed E-state index contributed by atoms with van der Waals surface area (Å²) in [5.74, 6) is 0.838. The number of halogens is 2. The van der Waals surface area contributed by atoms with Crippen LogP contribution in [0.25, 0.3) is 0 Å². The summed E-state index contributed by atoms with van der Waals surface area (Å²) < 4.78 is 0. The molecular formula is C13H15Cl2N. The second-order valence-corrected chi connectivity index (χ2v) is 5.83. The second-order valence-electron chi connectivity index (χ2n) is 5.01. The maximum Gasteiger partial charge on any atom is 0.0595 e. The fourth-order valence-corrected chi connectivity index (χ4v) is 3.38. The Labute approximate surface area is 106 Å². The van der Waals surface area contributed by atoms with Gasteiger partial charge >= 0.3 is 0 Å². The number of likely N-dealkylation sites (tertiary alicyclic amines) is 1. The van der Waals surface area contributed by atoms with E-state index in [0.717, 1.165) is 12.5 Å². The van der Waals surface area contributed by atoms with Crippen LogP contribution in [-0.4, -0.2) is 24.5 Å². The van der Waals surface area contributed by atoms with E-state index in [4.69, 9.17) is 23.2 Å². The summed E-state index contributed by atoms with van der Waals surface area (Å²) >= 11 is 12.1. The topological polar surface area (TPSA) is 3.24 Å². The number of nitrogens with zero attached hydrogens (tertiary/aromatic N) is 1. The molecule has 0 radical (unpaired) electrons. The van der Waals surface area contributed by atoms with Gasteiger partial charge in [-0.05, 0) is 36.6 Å². The Hall–Kier alpha value is -0.240. The molecule has 2 unspecified atom stereocenters. The molecule has 86 valence electrons. The molecule has 0 spiro atoms. The first-order valence-corrected chi connectivity index (χ1v) is 6.59. The van der Waals surface area contributed by atoms with Crippen molar-refractivity contribution in [2.75, 3.05) is 19.6 Å². The Kier molecular flexibility index (Phi) is 2.47. The summed E-state index contributed by atoms with van der Waals surface area (Å²) in [7, 11) is 0. The third-order valence-corrected chi connectivity index (χ3v) is 4.90. The molecule has 1 aromatic rings. The predicted molar refractivity (Wildman–Crippen MR) is 68.4 cm³/mol. The highest BCUT2D eigenvalue weighted by atomic mass is 35.5. The number of likely N-dealkylation sites (N-methyl/N-ethyl adjacent to an activating group) is 1. The van der Waals surface area contributed by atoms with Crippen molar-refractivity contribution in [2.24, 2.45) is 5.92 Å². The molecule has 1 nitrogen and oxygen atoms in total. The second kappa shape index (κ2) is 3.63. The highest BCUT2D eigenvalue weighted by molar-refractivity contribution is 6.42. The molecular weight excluding hydrogens is 241 g/mol. The van der Waals surface area contributed by atoms with Crippen molar-refractivity contribution in [2.45, 2.75) is 18.8 Å². The molecule has 3 rings (SSSR count). The van der Waals surface area contributed by atoms with Crippen LogP contribution in [0.2, 0.25) is 10.0 Å². The molecule has 1 aliphatic carbocycles. The van der Waals surface area contributed by atoms with E-state index in [1.807, 2.05) is 6.07 Å². The maximum absolute atomic E-state index is 6.10. The first-order chi connectivity index (χ1) is 7.65. The average Bonchev–Trinajstić information content (AvgIpc) is 2.86. The molecule has 3 heteroatoms. The monoisotopic (exact) mass is 255 g/mol. The van der Waals surface area contributed by atoms with Gasteiger partial charge in [0, 0.05) is 18.5 Å². The minimum atomic E-state index is 0.393. The number of rotatable bonds is 2. The minimum absolute atomic E-state index is 0.393. The van der Waals surface area contributed by atoms with Gasteiger partial charge in [0.05, 0.1) is 10.0 Å². The maximum atomic E-state index is 6.10. The summed E-state index contributed by atoms with van der Waals surface area (Å²) in [5.41, 5.74) is 1.77. The van der Waals surface area contributed by atoms with Gasteiger partial charge in [0.2, 0.25) is 0 Å². The molecule has 16 heavy (non-hydrogen) atoms. The van der Waals surface area contributed by atoms with Gasteiger partial charge in [-0.2, -0.15) is 0 Å². The van der Waals surface area contributed by atoms with Crippen molar-refractivity contribution in [1.82, 2.24) is 4.90 Å². The molecule has 2 atom stereocenters. The molecule has 2 fully saturated rings. The van der Waals surface area contributed by atoms with Crippen LogP contribution in [0.4, 0.5) is 0 Å². The molecule has 0 amide bonds. The van der Waals surface area contributed by atoms with Crippen LogP contribution >= 0.6 is 23.2 Å². The number of piperidine rings is 1. The summed E-state index contributed by atoms with van der Waals surface area (Å²) in [6.45, 7) is 5.82. The molecule has 1 saturated heterocycles. The fourth-order valence-electron chi connectivity index (χ4n) is 3.08. The van der Waals surface area contributed by atoms with Crippen molar-refractivity contribution in [3.05, 3.63) is 33.8 Å². The molecule has 1 heterocycles. The smallest absolute Gasteiger partial charge is 0.0595 e. The van der Waals surface area contributed by atoms with Gasteiger partial charge in [0.1, 0.15) is 0 Å². The van der Waals surface area contributed by atoms with E-state index < -0.39 is 0 Å². The lowest BCUT2D eigenvalue weighted by Gasteiger charge is -2.19. The summed E-state index contributed by atoms with van der Waals surface area (Å²) in [6, 6.07) is 6.13. The van der Waals surface area contributed by atoms with Crippen LogP contribution < -0.4 is 0 Å². The van der Waals surface area contributed by atoms with Gasteiger partial charge in [-0.3, -0.25) is 0 Å². The van der Waals surface area contributed by atoms with Gasteiger partial charge in [0.15, 0.2) is 0 Å². The molecule has 1 aliphatic heterocycles. The molecule has 0 bridgehead atoms. The van der Waals surface area contributed by atoms with E-state index in [1.54, 1.807) is 0 Å². The highest BCUT2D eigenvalue weighted by Gasteiger charge is 2.60. The Morgan fingerprint density at radius 2 is 2.19 bits per heavy atom. The molecule has 2 aliphatic rings. The minimum Gasteiger partial charge on any atom is -0.302 e. The van der Waals surface area contributed by atoms with Gasteiger partial charge in [-0.15, -0.1) is 0 Å². The summed E-state index contributed by atoms with van der Waals surface area (Å²) in [4.78, 5) is 2.52.